The lowest BCUT2D eigenvalue weighted by molar-refractivity contribution is 0.103. The molecule has 0 aromatic heterocycles. The highest BCUT2D eigenvalue weighted by atomic mass is 16.5. The summed E-state index contributed by atoms with van der Waals surface area (Å²) in [6.07, 6.45) is 2.49. The Labute approximate surface area is 152 Å². The largest absolute Gasteiger partial charge is 0.496 e. The van der Waals surface area contributed by atoms with E-state index in [-0.39, 0.29) is 0 Å². The van der Waals surface area contributed by atoms with Crippen LogP contribution in [0, 0.1) is 0 Å². The third kappa shape index (κ3) is 4.83. The summed E-state index contributed by atoms with van der Waals surface area (Å²) in [5, 5.41) is 0. The van der Waals surface area contributed by atoms with E-state index in [2.05, 4.69) is 65.3 Å². The van der Waals surface area contributed by atoms with Crippen molar-refractivity contribution in [2.24, 2.45) is 0 Å². The molecule has 0 unspecified atom stereocenters. The monoisotopic (exact) mass is 338 g/mol. The van der Waals surface area contributed by atoms with Gasteiger partial charge in [0.05, 0.1) is 7.11 Å². The zero-order valence-corrected chi connectivity index (χ0v) is 15.5. The molecule has 2 aromatic carbocycles. The van der Waals surface area contributed by atoms with Crippen molar-refractivity contribution in [3.05, 3.63) is 65.7 Å². The molecule has 1 saturated heterocycles. The molecule has 1 heterocycles. The Hall–Kier alpha value is -1.84. The van der Waals surface area contributed by atoms with Gasteiger partial charge in [-0.1, -0.05) is 55.5 Å². The minimum absolute atomic E-state index is 0.694. The number of piperidine rings is 1. The highest BCUT2D eigenvalue weighted by molar-refractivity contribution is 5.33. The molecule has 0 atom stereocenters. The van der Waals surface area contributed by atoms with E-state index in [0.717, 1.165) is 38.5 Å². The molecule has 0 spiro atoms. The van der Waals surface area contributed by atoms with E-state index in [1.54, 1.807) is 7.11 Å². The average Bonchev–Trinajstić information content (AvgIpc) is 2.68. The predicted molar refractivity (Wildman–Crippen MR) is 104 cm³/mol. The van der Waals surface area contributed by atoms with Gasteiger partial charge in [0.25, 0.3) is 0 Å². The van der Waals surface area contributed by atoms with E-state index in [4.69, 9.17) is 4.74 Å². The number of ether oxygens (including phenoxy) is 1. The first kappa shape index (κ1) is 18.0. The molecular formula is C22H30N2O. The zero-order chi connectivity index (χ0) is 17.5. The van der Waals surface area contributed by atoms with Gasteiger partial charge in [-0.2, -0.15) is 0 Å². The molecule has 134 valence electrons. The smallest absolute Gasteiger partial charge is 0.123 e. The number of para-hydroxylation sites is 1. The first-order valence-electron chi connectivity index (χ1n) is 9.42. The summed E-state index contributed by atoms with van der Waals surface area (Å²) in [5.41, 5.74) is 2.71. The first-order valence-corrected chi connectivity index (χ1v) is 9.42. The van der Waals surface area contributed by atoms with E-state index in [9.17, 15) is 0 Å². The van der Waals surface area contributed by atoms with Crippen molar-refractivity contribution in [1.82, 2.24) is 9.80 Å². The van der Waals surface area contributed by atoms with Crippen molar-refractivity contribution in [1.29, 1.82) is 0 Å². The van der Waals surface area contributed by atoms with Crippen LogP contribution in [0.5, 0.6) is 5.75 Å². The Morgan fingerprint density at radius 1 is 1.00 bits per heavy atom. The van der Waals surface area contributed by atoms with Crippen LogP contribution in [0.25, 0.3) is 0 Å². The van der Waals surface area contributed by atoms with Gasteiger partial charge in [-0.3, -0.25) is 9.80 Å². The maximum atomic E-state index is 5.50. The number of hydrogen-bond donors (Lipinski definition) is 0. The molecule has 1 aliphatic rings. The highest BCUT2D eigenvalue weighted by Crippen LogP contribution is 2.23. The van der Waals surface area contributed by atoms with Gasteiger partial charge in [-0.05, 0) is 44.1 Å². The van der Waals surface area contributed by atoms with Gasteiger partial charge >= 0.3 is 0 Å². The molecule has 0 bridgehead atoms. The summed E-state index contributed by atoms with van der Waals surface area (Å²) in [5.74, 6) is 1.00. The Morgan fingerprint density at radius 3 is 2.36 bits per heavy atom. The molecule has 0 aliphatic carbocycles. The van der Waals surface area contributed by atoms with Crippen molar-refractivity contribution in [2.45, 2.75) is 38.9 Å². The minimum atomic E-state index is 0.694. The Bertz CT molecular complexity index is 635. The molecule has 3 rings (SSSR count). The molecule has 2 aromatic rings. The lowest BCUT2D eigenvalue weighted by Gasteiger charge is -2.38. The highest BCUT2D eigenvalue weighted by Gasteiger charge is 2.24. The number of likely N-dealkylation sites (tertiary alicyclic amines) is 1. The maximum absolute atomic E-state index is 5.50. The number of hydrogen-bond acceptors (Lipinski definition) is 3. The normalized spacial score (nSPS) is 16.3. The van der Waals surface area contributed by atoms with E-state index in [0.29, 0.717) is 6.04 Å². The summed E-state index contributed by atoms with van der Waals surface area (Å²) in [6, 6.07) is 19.9. The molecule has 0 radical (unpaired) electrons. The van der Waals surface area contributed by atoms with Gasteiger partial charge in [-0.15, -0.1) is 0 Å². The van der Waals surface area contributed by atoms with Crippen molar-refractivity contribution < 1.29 is 4.74 Å². The van der Waals surface area contributed by atoms with Crippen molar-refractivity contribution in [2.75, 3.05) is 26.7 Å². The fraction of sp³-hybridized carbons (Fsp3) is 0.455. The zero-order valence-electron chi connectivity index (χ0n) is 15.5. The van der Waals surface area contributed by atoms with Gasteiger partial charge in [0.15, 0.2) is 0 Å². The third-order valence-corrected chi connectivity index (χ3v) is 5.29. The van der Waals surface area contributed by atoms with Crippen LogP contribution in [0.15, 0.2) is 54.6 Å². The van der Waals surface area contributed by atoms with Crippen LogP contribution in [-0.2, 0) is 13.1 Å². The van der Waals surface area contributed by atoms with Crippen LogP contribution in [0.3, 0.4) is 0 Å². The molecule has 3 heteroatoms. The molecule has 1 fully saturated rings. The van der Waals surface area contributed by atoms with Gasteiger partial charge in [-0.25, -0.2) is 0 Å². The van der Waals surface area contributed by atoms with Crippen LogP contribution >= 0.6 is 0 Å². The summed E-state index contributed by atoms with van der Waals surface area (Å²) in [4.78, 5) is 5.19. The van der Waals surface area contributed by atoms with Crippen molar-refractivity contribution in [3.63, 3.8) is 0 Å². The summed E-state index contributed by atoms with van der Waals surface area (Å²) < 4.78 is 5.50. The van der Waals surface area contributed by atoms with Crippen LogP contribution in [-0.4, -0.2) is 42.6 Å². The summed E-state index contributed by atoms with van der Waals surface area (Å²) >= 11 is 0. The molecule has 1 aliphatic heterocycles. The van der Waals surface area contributed by atoms with Gasteiger partial charge in [0.2, 0.25) is 0 Å². The first-order chi connectivity index (χ1) is 12.3. The van der Waals surface area contributed by atoms with Gasteiger partial charge in [0.1, 0.15) is 5.75 Å². The van der Waals surface area contributed by atoms with Crippen LogP contribution in [0.1, 0.15) is 30.9 Å². The van der Waals surface area contributed by atoms with E-state index in [1.165, 1.54) is 24.0 Å². The second kappa shape index (κ2) is 9.02. The van der Waals surface area contributed by atoms with E-state index in [1.807, 2.05) is 6.07 Å². The SMILES string of the molecule is CCN(Cc1ccccc1)C1CCN(Cc2ccccc2OC)CC1. The number of benzene rings is 2. The summed E-state index contributed by atoms with van der Waals surface area (Å²) in [7, 11) is 1.76. The van der Waals surface area contributed by atoms with Crippen LogP contribution < -0.4 is 4.74 Å². The topological polar surface area (TPSA) is 15.7 Å². The van der Waals surface area contributed by atoms with Gasteiger partial charge in [0, 0.05) is 24.7 Å². The number of rotatable bonds is 7. The molecular weight excluding hydrogens is 308 g/mol. The Kier molecular flexibility index (Phi) is 6.48. The molecule has 25 heavy (non-hydrogen) atoms. The second-order valence-corrected chi connectivity index (χ2v) is 6.87. The second-order valence-electron chi connectivity index (χ2n) is 6.87. The van der Waals surface area contributed by atoms with Crippen molar-refractivity contribution >= 4 is 0 Å². The average molecular weight is 338 g/mol. The fourth-order valence-electron chi connectivity index (χ4n) is 3.83. The lowest BCUT2D eigenvalue weighted by Crippen LogP contribution is -2.44. The Morgan fingerprint density at radius 2 is 1.68 bits per heavy atom. The van der Waals surface area contributed by atoms with Crippen molar-refractivity contribution in [3.8, 4) is 5.75 Å². The van der Waals surface area contributed by atoms with Crippen LogP contribution in [0.4, 0.5) is 0 Å². The maximum Gasteiger partial charge on any atom is 0.123 e. The summed E-state index contributed by atoms with van der Waals surface area (Å²) in [6.45, 7) is 7.77. The van der Waals surface area contributed by atoms with E-state index < -0.39 is 0 Å². The quantitative estimate of drug-likeness (QED) is 0.753. The number of nitrogens with zero attached hydrogens (tertiary/aromatic N) is 2. The Balaban J connectivity index is 1.54. The third-order valence-electron chi connectivity index (χ3n) is 5.29. The molecule has 0 amide bonds. The van der Waals surface area contributed by atoms with E-state index >= 15 is 0 Å². The lowest BCUT2D eigenvalue weighted by atomic mass is 10.0. The van der Waals surface area contributed by atoms with Crippen LogP contribution in [0.2, 0.25) is 0 Å². The van der Waals surface area contributed by atoms with Gasteiger partial charge < -0.3 is 4.74 Å². The standard InChI is InChI=1S/C22H30N2O/c1-3-24(17-19-9-5-4-6-10-19)21-13-15-23(16-14-21)18-20-11-7-8-12-22(20)25-2/h4-12,21H,3,13-18H2,1-2H3. The molecule has 0 N–H and O–H groups in total. The molecule has 3 nitrogen and oxygen atoms in total. The minimum Gasteiger partial charge on any atom is -0.496 e. The number of methoxy groups -OCH3 is 1. The fourth-order valence-corrected chi connectivity index (χ4v) is 3.83. The predicted octanol–water partition coefficient (Wildman–Crippen LogP) is 4.18. The molecule has 0 saturated carbocycles.